The second-order valence-corrected chi connectivity index (χ2v) is 5.10. The van der Waals surface area contributed by atoms with Gasteiger partial charge in [-0.05, 0) is 24.3 Å². The first-order valence-electron chi connectivity index (χ1n) is 6.74. The lowest BCUT2D eigenvalue weighted by molar-refractivity contribution is -0.383. The first kappa shape index (κ1) is 13.9. The first-order chi connectivity index (χ1) is 10.6. The van der Waals surface area contributed by atoms with Gasteiger partial charge in [0.05, 0.1) is 21.5 Å². The first-order valence-corrected chi connectivity index (χ1v) is 6.74. The van der Waals surface area contributed by atoms with Gasteiger partial charge in [-0.25, -0.2) is 9.97 Å². The number of aromatic nitrogens is 2. The molecule has 2 heterocycles. The zero-order chi connectivity index (χ0) is 15.7. The number of hydrogen-bond donors (Lipinski definition) is 0. The van der Waals surface area contributed by atoms with Gasteiger partial charge in [-0.15, -0.1) is 0 Å². The van der Waals surface area contributed by atoms with Crippen LogP contribution in [0, 0.1) is 10.1 Å². The molecule has 6 nitrogen and oxygen atoms in total. The molecular weight excluding hydrogens is 280 g/mol. The molecule has 0 N–H and O–H groups in total. The van der Waals surface area contributed by atoms with Crippen LogP contribution in [0.2, 0.25) is 0 Å². The van der Waals surface area contributed by atoms with Crippen molar-refractivity contribution in [2.75, 3.05) is 19.0 Å². The largest absolute Gasteiger partial charge is 0.363 e. The molecule has 6 heteroatoms. The highest BCUT2D eigenvalue weighted by molar-refractivity contribution is 5.90. The lowest BCUT2D eigenvalue weighted by Crippen LogP contribution is -2.10. The third-order valence-electron chi connectivity index (χ3n) is 3.39. The van der Waals surface area contributed by atoms with Crippen molar-refractivity contribution in [3.63, 3.8) is 0 Å². The van der Waals surface area contributed by atoms with Crippen LogP contribution in [0.4, 0.5) is 11.5 Å². The molecule has 0 aliphatic heterocycles. The minimum Gasteiger partial charge on any atom is -0.363 e. The Morgan fingerprint density at radius 2 is 1.91 bits per heavy atom. The van der Waals surface area contributed by atoms with Gasteiger partial charge >= 0.3 is 0 Å². The van der Waals surface area contributed by atoms with E-state index in [1.165, 1.54) is 6.07 Å². The van der Waals surface area contributed by atoms with Crippen LogP contribution >= 0.6 is 0 Å². The van der Waals surface area contributed by atoms with Crippen LogP contribution in [-0.4, -0.2) is 29.0 Å². The normalized spacial score (nSPS) is 10.6. The predicted molar refractivity (Wildman–Crippen MR) is 86.0 cm³/mol. The number of para-hydroxylation sites is 1. The second-order valence-electron chi connectivity index (χ2n) is 5.10. The smallest absolute Gasteiger partial charge is 0.280 e. The van der Waals surface area contributed by atoms with Crippen LogP contribution in [0.25, 0.3) is 22.2 Å². The van der Waals surface area contributed by atoms with E-state index >= 15 is 0 Å². The summed E-state index contributed by atoms with van der Waals surface area (Å²) in [6.07, 6.45) is 1.68. The monoisotopic (exact) mass is 294 g/mol. The fraction of sp³-hybridized carbons (Fsp3) is 0.125. The number of nitro groups is 1. The van der Waals surface area contributed by atoms with Gasteiger partial charge in [0.2, 0.25) is 0 Å². The van der Waals surface area contributed by atoms with Crippen molar-refractivity contribution in [2.45, 2.75) is 0 Å². The minimum atomic E-state index is -0.380. The average Bonchev–Trinajstić information content (AvgIpc) is 2.53. The molecule has 0 radical (unpaired) electrons. The van der Waals surface area contributed by atoms with E-state index < -0.39 is 0 Å². The lowest BCUT2D eigenvalue weighted by Gasteiger charge is -2.11. The van der Waals surface area contributed by atoms with Crippen molar-refractivity contribution in [1.82, 2.24) is 9.97 Å². The van der Waals surface area contributed by atoms with E-state index in [0.717, 1.165) is 11.4 Å². The topological polar surface area (TPSA) is 72.2 Å². The van der Waals surface area contributed by atoms with Crippen LogP contribution in [0.15, 0.2) is 48.7 Å². The number of hydrogen-bond acceptors (Lipinski definition) is 5. The highest BCUT2D eigenvalue weighted by Gasteiger charge is 2.15. The molecule has 22 heavy (non-hydrogen) atoms. The Hall–Kier alpha value is -3.02. The van der Waals surface area contributed by atoms with Crippen LogP contribution in [0.1, 0.15) is 0 Å². The van der Waals surface area contributed by atoms with Crippen molar-refractivity contribution >= 4 is 22.4 Å². The summed E-state index contributed by atoms with van der Waals surface area (Å²) in [5.74, 6) is 0.819. The predicted octanol–water partition coefficient (Wildman–Crippen LogP) is 3.27. The number of rotatable bonds is 3. The molecule has 0 saturated heterocycles. The molecular formula is C16H14N4O2. The summed E-state index contributed by atoms with van der Waals surface area (Å²) in [6, 6.07) is 12.3. The zero-order valence-corrected chi connectivity index (χ0v) is 12.2. The van der Waals surface area contributed by atoms with Crippen LogP contribution in [0.5, 0.6) is 0 Å². The second kappa shape index (κ2) is 5.40. The molecule has 0 spiro atoms. The van der Waals surface area contributed by atoms with Gasteiger partial charge in [0.15, 0.2) is 0 Å². The molecule has 3 rings (SSSR count). The summed E-state index contributed by atoms with van der Waals surface area (Å²) >= 11 is 0. The summed E-state index contributed by atoms with van der Waals surface area (Å²) in [6.45, 7) is 0. The fourth-order valence-corrected chi connectivity index (χ4v) is 2.26. The molecule has 110 valence electrons. The van der Waals surface area contributed by atoms with Crippen molar-refractivity contribution < 1.29 is 4.92 Å². The Bertz CT molecular complexity index is 844. The Morgan fingerprint density at radius 1 is 1.14 bits per heavy atom. The van der Waals surface area contributed by atoms with Gasteiger partial charge < -0.3 is 4.90 Å². The molecule has 2 aromatic heterocycles. The molecule has 0 fully saturated rings. The molecule has 0 aliphatic rings. The van der Waals surface area contributed by atoms with Gasteiger partial charge in [-0.1, -0.05) is 12.1 Å². The minimum absolute atomic E-state index is 0.0530. The molecule has 0 amide bonds. The van der Waals surface area contributed by atoms with E-state index in [0.29, 0.717) is 16.6 Å². The fourth-order valence-electron chi connectivity index (χ4n) is 2.26. The third kappa shape index (κ3) is 2.46. The van der Waals surface area contributed by atoms with Crippen molar-refractivity contribution in [2.24, 2.45) is 0 Å². The SMILES string of the molecule is CN(C)c1ccc(-c2cc([N+](=O)[O-])c3ccccc3n2)cn1. The summed E-state index contributed by atoms with van der Waals surface area (Å²) < 4.78 is 0. The molecule has 1 aromatic carbocycles. The van der Waals surface area contributed by atoms with Gasteiger partial charge in [-0.2, -0.15) is 0 Å². The average molecular weight is 294 g/mol. The summed E-state index contributed by atoms with van der Waals surface area (Å²) in [4.78, 5) is 21.6. The zero-order valence-electron chi connectivity index (χ0n) is 12.2. The summed E-state index contributed by atoms with van der Waals surface area (Å²) in [5, 5.41) is 11.8. The molecule has 0 bridgehead atoms. The van der Waals surface area contributed by atoms with E-state index in [4.69, 9.17) is 0 Å². The number of pyridine rings is 2. The highest BCUT2D eigenvalue weighted by atomic mass is 16.6. The molecule has 0 aliphatic carbocycles. The van der Waals surface area contributed by atoms with Crippen molar-refractivity contribution in [3.05, 3.63) is 58.8 Å². The molecule has 0 atom stereocenters. The van der Waals surface area contributed by atoms with E-state index in [9.17, 15) is 10.1 Å². The number of fused-ring (bicyclic) bond motifs is 1. The van der Waals surface area contributed by atoms with Crippen molar-refractivity contribution in [3.8, 4) is 11.3 Å². The van der Waals surface area contributed by atoms with Crippen LogP contribution in [0.3, 0.4) is 0 Å². The van der Waals surface area contributed by atoms with Gasteiger partial charge in [0.1, 0.15) is 5.82 Å². The van der Waals surface area contributed by atoms with Crippen molar-refractivity contribution in [1.29, 1.82) is 0 Å². The number of nitrogens with zero attached hydrogens (tertiary/aromatic N) is 4. The van der Waals surface area contributed by atoms with Gasteiger partial charge in [0.25, 0.3) is 5.69 Å². The third-order valence-corrected chi connectivity index (χ3v) is 3.39. The van der Waals surface area contributed by atoms with E-state index in [1.807, 2.05) is 37.2 Å². The standard InChI is InChI=1S/C16H14N4O2/c1-19(2)16-8-7-11(10-17-16)14-9-15(20(21)22)12-5-3-4-6-13(12)18-14/h3-10H,1-2H3. The van der Waals surface area contributed by atoms with Crippen LogP contribution in [-0.2, 0) is 0 Å². The van der Waals surface area contributed by atoms with E-state index in [1.54, 1.807) is 24.4 Å². The molecule has 0 unspecified atom stereocenters. The quantitative estimate of drug-likeness (QED) is 0.547. The van der Waals surface area contributed by atoms with Gasteiger partial charge in [-0.3, -0.25) is 10.1 Å². The Balaban J connectivity index is 2.16. The van der Waals surface area contributed by atoms with E-state index in [-0.39, 0.29) is 10.6 Å². The summed E-state index contributed by atoms with van der Waals surface area (Å²) in [7, 11) is 3.81. The Kier molecular flexibility index (Phi) is 3.42. The summed E-state index contributed by atoms with van der Waals surface area (Å²) in [5.41, 5.74) is 1.95. The lowest BCUT2D eigenvalue weighted by atomic mass is 10.1. The maximum atomic E-state index is 11.3. The molecule has 0 saturated carbocycles. The highest BCUT2D eigenvalue weighted by Crippen LogP contribution is 2.29. The number of benzene rings is 1. The molecule has 3 aromatic rings. The maximum absolute atomic E-state index is 11.3. The maximum Gasteiger partial charge on any atom is 0.280 e. The van der Waals surface area contributed by atoms with Gasteiger partial charge in [0, 0.05) is 31.9 Å². The Morgan fingerprint density at radius 3 is 2.55 bits per heavy atom. The Labute approximate surface area is 127 Å². The number of anilines is 1. The van der Waals surface area contributed by atoms with Crippen LogP contribution < -0.4 is 4.90 Å². The van der Waals surface area contributed by atoms with E-state index in [2.05, 4.69) is 9.97 Å².